The first-order valence-corrected chi connectivity index (χ1v) is 11.0. The SMILES string of the molecule is CC(C)CS(=O)(=O)c1nsc2nc(=O)c(/C=C3\C=Nc4ccccc43)c(N)n12. The summed E-state index contributed by atoms with van der Waals surface area (Å²) in [6, 6.07) is 7.50. The number of fused-ring (bicyclic) bond motifs is 2. The van der Waals surface area contributed by atoms with Crippen LogP contribution in [0.4, 0.5) is 11.5 Å². The number of aliphatic imine (C=N–C) groups is 1. The number of hydrogen-bond acceptors (Lipinski definition) is 8. The fraction of sp³-hybridized carbons (Fsp3) is 0.222. The quantitative estimate of drug-likeness (QED) is 0.699. The molecule has 0 atom stereocenters. The first-order valence-electron chi connectivity index (χ1n) is 8.54. The van der Waals surface area contributed by atoms with Crippen molar-refractivity contribution in [3.05, 3.63) is 45.7 Å². The van der Waals surface area contributed by atoms with Crippen LogP contribution in [0.2, 0.25) is 0 Å². The van der Waals surface area contributed by atoms with E-state index in [0.29, 0.717) is 5.57 Å². The summed E-state index contributed by atoms with van der Waals surface area (Å²) < 4.78 is 30.7. The molecule has 0 aliphatic carbocycles. The molecule has 2 aromatic heterocycles. The molecule has 1 aromatic carbocycles. The molecule has 0 fully saturated rings. The van der Waals surface area contributed by atoms with Gasteiger partial charge in [0.2, 0.25) is 20.0 Å². The van der Waals surface area contributed by atoms with Gasteiger partial charge in [0.05, 0.1) is 17.0 Å². The van der Waals surface area contributed by atoms with Crippen molar-refractivity contribution in [3.8, 4) is 0 Å². The first-order chi connectivity index (χ1) is 13.3. The third kappa shape index (κ3) is 3.04. The highest BCUT2D eigenvalue weighted by atomic mass is 32.2. The Kier molecular flexibility index (Phi) is 4.39. The number of aromatic nitrogens is 3. The second-order valence-corrected chi connectivity index (χ2v) is 9.51. The Morgan fingerprint density at radius 3 is 2.79 bits per heavy atom. The molecule has 2 N–H and O–H groups in total. The van der Waals surface area contributed by atoms with E-state index in [2.05, 4.69) is 14.3 Å². The van der Waals surface area contributed by atoms with Gasteiger partial charge in [-0.3, -0.25) is 9.79 Å². The van der Waals surface area contributed by atoms with Gasteiger partial charge >= 0.3 is 0 Å². The fourth-order valence-corrected chi connectivity index (χ4v) is 5.80. The minimum Gasteiger partial charge on any atom is -0.384 e. The number of hydrogen-bond donors (Lipinski definition) is 1. The Bertz CT molecular complexity index is 1320. The van der Waals surface area contributed by atoms with Crippen molar-refractivity contribution in [1.29, 1.82) is 0 Å². The molecule has 0 radical (unpaired) electrons. The summed E-state index contributed by atoms with van der Waals surface area (Å²) in [5.74, 6) is -0.159. The van der Waals surface area contributed by atoms with Crippen LogP contribution in [-0.2, 0) is 9.84 Å². The predicted molar refractivity (Wildman–Crippen MR) is 111 cm³/mol. The summed E-state index contributed by atoms with van der Waals surface area (Å²) in [6.45, 7) is 3.61. The molecular weight excluding hydrogens is 398 g/mol. The molecule has 0 amide bonds. The Hall–Kier alpha value is -2.85. The Balaban J connectivity index is 1.92. The average molecular weight is 416 g/mol. The standard InChI is InChI=1S/C18H17N5O3S2/c1-10(2)9-28(25,26)18-22-27-17-21-16(24)13(15(19)23(17)18)7-11-8-20-14-6-4-3-5-12(11)14/h3-8,10H,9,19H2,1-2H3/b11-7+. The third-order valence-electron chi connectivity index (χ3n) is 4.22. The maximum Gasteiger partial charge on any atom is 0.283 e. The molecule has 0 saturated heterocycles. The van der Waals surface area contributed by atoms with Gasteiger partial charge in [-0.25, -0.2) is 12.8 Å². The van der Waals surface area contributed by atoms with E-state index in [1.807, 2.05) is 24.3 Å². The molecule has 0 saturated carbocycles. The van der Waals surface area contributed by atoms with Gasteiger partial charge in [0, 0.05) is 28.9 Å². The lowest BCUT2D eigenvalue weighted by Gasteiger charge is -2.08. The van der Waals surface area contributed by atoms with Crippen LogP contribution in [0.1, 0.15) is 25.0 Å². The molecule has 28 heavy (non-hydrogen) atoms. The van der Waals surface area contributed by atoms with Gasteiger partial charge in [0.1, 0.15) is 5.82 Å². The minimum absolute atomic E-state index is 0.00337. The maximum absolute atomic E-state index is 12.7. The van der Waals surface area contributed by atoms with Gasteiger partial charge < -0.3 is 5.73 Å². The van der Waals surface area contributed by atoms with Crippen LogP contribution in [0.5, 0.6) is 0 Å². The summed E-state index contributed by atoms with van der Waals surface area (Å²) in [7, 11) is -3.68. The highest BCUT2D eigenvalue weighted by Crippen LogP contribution is 2.32. The highest BCUT2D eigenvalue weighted by molar-refractivity contribution is 7.91. The molecule has 4 rings (SSSR count). The summed E-state index contributed by atoms with van der Waals surface area (Å²) in [5, 5.41) is -0.189. The van der Waals surface area contributed by atoms with Crippen LogP contribution < -0.4 is 11.3 Å². The number of allylic oxidation sites excluding steroid dienone is 1. The molecule has 10 heteroatoms. The van der Waals surface area contributed by atoms with Crippen molar-refractivity contribution in [2.75, 3.05) is 11.5 Å². The van der Waals surface area contributed by atoms with E-state index in [4.69, 9.17) is 5.73 Å². The zero-order valence-corrected chi connectivity index (χ0v) is 16.8. The zero-order valence-electron chi connectivity index (χ0n) is 15.2. The molecule has 8 nitrogen and oxygen atoms in total. The van der Waals surface area contributed by atoms with Crippen molar-refractivity contribution < 1.29 is 8.42 Å². The van der Waals surface area contributed by atoms with Crippen LogP contribution in [0, 0.1) is 5.92 Å². The smallest absolute Gasteiger partial charge is 0.283 e. The van der Waals surface area contributed by atoms with Crippen molar-refractivity contribution in [1.82, 2.24) is 13.8 Å². The summed E-state index contributed by atoms with van der Waals surface area (Å²) in [6.07, 6.45) is 3.23. The monoisotopic (exact) mass is 415 g/mol. The Labute approximate surface area is 165 Å². The van der Waals surface area contributed by atoms with Crippen LogP contribution in [-0.4, -0.2) is 34.1 Å². The van der Waals surface area contributed by atoms with E-state index in [1.54, 1.807) is 26.1 Å². The number of nitrogens with zero attached hydrogens (tertiary/aromatic N) is 4. The molecule has 3 heterocycles. The fourth-order valence-electron chi connectivity index (χ4n) is 3.05. The molecule has 1 aliphatic heterocycles. The molecule has 144 valence electrons. The second-order valence-electron chi connectivity index (χ2n) is 6.85. The molecule has 1 aliphatic rings. The van der Waals surface area contributed by atoms with Crippen molar-refractivity contribution in [3.63, 3.8) is 0 Å². The number of para-hydroxylation sites is 1. The highest BCUT2D eigenvalue weighted by Gasteiger charge is 2.26. The average Bonchev–Trinajstić information content (AvgIpc) is 3.22. The third-order valence-corrected chi connectivity index (χ3v) is 6.97. The van der Waals surface area contributed by atoms with Gasteiger partial charge in [0.25, 0.3) is 5.56 Å². The largest absolute Gasteiger partial charge is 0.384 e. The zero-order chi connectivity index (χ0) is 20.1. The molecule has 0 spiro atoms. The van der Waals surface area contributed by atoms with Gasteiger partial charge in [0.15, 0.2) is 0 Å². The second kappa shape index (κ2) is 6.64. The summed E-state index contributed by atoms with van der Waals surface area (Å²) in [4.78, 5) is 21.0. The van der Waals surface area contributed by atoms with Crippen LogP contribution in [0.25, 0.3) is 16.6 Å². The van der Waals surface area contributed by atoms with E-state index < -0.39 is 15.4 Å². The Morgan fingerprint density at radius 1 is 1.29 bits per heavy atom. The van der Waals surface area contributed by atoms with Gasteiger partial charge in [-0.1, -0.05) is 32.0 Å². The minimum atomic E-state index is -3.68. The molecule has 0 bridgehead atoms. The van der Waals surface area contributed by atoms with E-state index in [9.17, 15) is 13.2 Å². The normalized spacial score (nSPS) is 15.0. The number of sulfone groups is 1. The number of anilines is 1. The van der Waals surface area contributed by atoms with Crippen molar-refractivity contribution in [2.24, 2.45) is 10.9 Å². The lowest BCUT2D eigenvalue weighted by molar-refractivity contribution is 0.573. The van der Waals surface area contributed by atoms with Crippen LogP contribution >= 0.6 is 11.5 Å². The lowest BCUT2D eigenvalue weighted by atomic mass is 10.1. The maximum atomic E-state index is 12.7. The molecule has 3 aromatic rings. The van der Waals surface area contributed by atoms with Crippen LogP contribution in [0.3, 0.4) is 0 Å². The summed E-state index contributed by atoms with van der Waals surface area (Å²) >= 11 is 0.832. The number of benzene rings is 1. The lowest BCUT2D eigenvalue weighted by Crippen LogP contribution is -2.20. The van der Waals surface area contributed by atoms with Gasteiger partial charge in [-0.15, -0.1) is 0 Å². The molecular formula is C18H17N5O3S2. The van der Waals surface area contributed by atoms with E-state index in [-0.39, 0.29) is 33.2 Å². The molecule has 0 unspecified atom stereocenters. The topological polar surface area (TPSA) is 120 Å². The predicted octanol–water partition coefficient (Wildman–Crippen LogP) is 2.42. The number of rotatable bonds is 4. The van der Waals surface area contributed by atoms with Gasteiger partial charge in [-0.05, 0) is 18.1 Å². The number of nitrogen functional groups attached to an aromatic ring is 1. The summed E-state index contributed by atoms with van der Waals surface area (Å²) in [5.41, 5.74) is 8.15. The van der Waals surface area contributed by atoms with E-state index in [0.717, 1.165) is 22.8 Å². The van der Waals surface area contributed by atoms with Crippen molar-refractivity contribution >= 4 is 55.7 Å². The Morgan fingerprint density at radius 2 is 2.04 bits per heavy atom. The van der Waals surface area contributed by atoms with Crippen LogP contribution in [0.15, 0.2) is 39.2 Å². The van der Waals surface area contributed by atoms with E-state index >= 15 is 0 Å². The van der Waals surface area contributed by atoms with Crippen molar-refractivity contribution in [2.45, 2.75) is 19.0 Å². The number of nitrogens with two attached hydrogens (primary N) is 1. The van der Waals surface area contributed by atoms with E-state index in [1.165, 1.54) is 4.40 Å². The van der Waals surface area contributed by atoms with Gasteiger partial charge in [-0.2, -0.15) is 9.36 Å². The first kappa shape index (κ1) is 18.5.